The van der Waals surface area contributed by atoms with E-state index in [4.69, 9.17) is 4.74 Å². The summed E-state index contributed by atoms with van der Waals surface area (Å²) in [7, 11) is 0. The molecule has 0 unspecified atom stereocenters. The number of benzene rings is 1. The second-order valence-corrected chi connectivity index (χ2v) is 3.53. The van der Waals surface area contributed by atoms with E-state index in [1.807, 2.05) is 6.92 Å². The van der Waals surface area contributed by atoms with Gasteiger partial charge in [0, 0.05) is 0 Å². The number of hydrogen-bond acceptors (Lipinski definition) is 2. The van der Waals surface area contributed by atoms with Gasteiger partial charge in [0.2, 0.25) is 0 Å². The second-order valence-electron chi connectivity index (χ2n) is 2.74. The van der Waals surface area contributed by atoms with Gasteiger partial charge < -0.3 is 4.74 Å². The van der Waals surface area contributed by atoms with Crippen LogP contribution < -0.4 is 4.74 Å². The maximum absolute atomic E-state index is 13.0. The molecule has 14 heavy (non-hydrogen) atoms. The van der Waals surface area contributed by atoms with E-state index in [-0.39, 0.29) is 5.56 Å². The average molecular weight is 261 g/mol. The van der Waals surface area contributed by atoms with Crippen molar-refractivity contribution >= 4 is 22.2 Å². The van der Waals surface area contributed by atoms with Crippen LogP contribution in [0.25, 0.3) is 0 Å². The highest BCUT2D eigenvalue weighted by Gasteiger charge is 2.11. The van der Waals surface area contributed by atoms with Gasteiger partial charge in [-0.05, 0) is 34.5 Å². The summed E-state index contributed by atoms with van der Waals surface area (Å²) in [6.45, 7) is 2.51. The van der Waals surface area contributed by atoms with E-state index in [2.05, 4.69) is 15.9 Å². The topological polar surface area (TPSA) is 26.3 Å². The van der Waals surface area contributed by atoms with Crippen molar-refractivity contribution in [1.29, 1.82) is 0 Å². The minimum absolute atomic E-state index is 0.00129. The molecule has 0 spiro atoms. The Kier molecular flexibility index (Phi) is 4.07. The molecule has 0 fully saturated rings. The standard InChI is InChI=1S/C10H10BrFO2/c1-2-5-14-9-4-3-8(12)7(6-13)10(9)11/h3-4,6H,2,5H2,1H3. The summed E-state index contributed by atoms with van der Waals surface area (Å²) in [5.74, 6) is -0.0499. The molecule has 1 aromatic carbocycles. The minimum atomic E-state index is -0.546. The monoisotopic (exact) mass is 260 g/mol. The Morgan fingerprint density at radius 3 is 2.86 bits per heavy atom. The molecule has 1 aromatic rings. The van der Waals surface area contributed by atoms with Crippen LogP contribution in [-0.2, 0) is 0 Å². The molecule has 0 bridgehead atoms. The first-order valence-corrected chi connectivity index (χ1v) is 5.06. The molecule has 0 saturated heterocycles. The van der Waals surface area contributed by atoms with Crippen molar-refractivity contribution in [2.45, 2.75) is 13.3 Å². The van der Waals surface area contributed by atoms with E-state index < -0.39 is 5.82 Å². The van der Waals surface area contributed by atoms with Gasteiger partial charge in [0.25, 0.3) is 0 Å². The van der Waals surface area contributed by atoms with Gasteiger partial charge in [-0.25, -0.2) is 4.39 Å². The maximum atomic E-state index is 13.0. The number of halogens is 2. The molecule has 76 valence electrons. The molecule has 2 nitrogen and oxygen atoms in total. The first-order valence-electron chi connectivity index (χ1n) is 4.26. The summed E-state index contributed by atoms with van der Waals surface area (Å²) in [4.78, 5) is 10.5. The summed E-state index contributed by atoms with van der Waals surface area (Å²) in [6, 6.07) is 2.72. The third-order valence-corrected chi connectivity index (χ3v) is 2.49. The Hall–Kier alpha value is -0.900. The van der Waals surface area contributed by atoms with Gasteiger partial charge in [0.1, 0.15) is 11.6 Å². The van der Waals surface area contributed by atoms with E-state index in [9.17, 15) is 9.18 Å². The van der Waals surface area contributed by atoms with E-state index in [0.29, 0.717) is 23.1 Å². The smallest absolute Gasteiger partial charge is 0.154 e. The van der Waals surface area contributed by atoms with Gasteiger partial charge in [-0.1, -0.05) is 6.92 Å². The second kappa shape index (κ2) is 5.10. The van der Waals surface area contributed by atoms with Gasteiger partial charge in [-0.3, -0.25) is 4.79 Å². The minimum Gasteiger partial charge on any atom is -0.492 e. The third kappa shape index (κ3) is 2.32. The molecule has 4 heteroatoms. The third-order valence-electron chi connectivity index (χ3n) is 1.67. The van der Waals surface area contributed by atoms with E-state index in [1.54, 1.807) is 0 Å². The van der Waals surface area contributed by atoms with Crippen molar-refractivity contribution in [1.82, 2.24) is 0 Å². The van der Waals surface area contributed by atoms with E-state index in [1.165, 1.54) is 12.1 Å². The summed E-state index contributed by atoms with van der Waals surface area (Å²) in [5.41, 5.74) is -0.00129. The first-order chi connectivity index (χ1) is 6.70. The normalized spacial score (nSPS) is 9.93. The predicted octanol–water partition coefficient (Wildman–Crippen LogP) is 3.19. The fraction of sp³-hybridized carbons (Fsp3) is 0.300. The van der Waals surface area contributed by atoms with Crippen LogP contribution in [0.5, 0.6) is 5.75 Å². The zero-order valence-electron chi connectivity index (χ0n) is 7.72. The van der Waals surface area contributed by atoms with Crippen molar-refractivity contribution in [3.8, 4) is 5.75 Å². The summed E-state index contributed by atoms with van der Waals surface area (Å²) in [6.07, 6.45) is 1.33. The summed E-state index contributed by atoms with van der Waals surface area (Å²) < 4.78 is 18.7. The Bertz CT molecular complexity index is 339. The lowest BCUT2D eigenvalue weighted by Gasteiger charge is -2.08. The van der Waals surface area contributed by atoms with Crippen molar-refractivity contribution < 1.29 is 13.9 Å². The number of carbonyl (C=O) groups is 1. The van der Waals surface area contributed by atoms with Crippen LogP contribution in [0.2, 0.25) is 0 Å². The highest BCUT2D eigenvalue weighted by Crippen LogP contribution is 2.29. The molecular formula is C10H10BrFO2. The maximum Gasteiger partial charge on any atom is 0.154 e. The highest BCUT2D eigenvalue weighted by atomic mass is 79.9. The Morgan fingerprint density at radius 1 is 1.57 bits per heavy atom. The largest absolute Gasteiger partial charge is 0.492 e. The fourth-order valence-electron chi connectivity index (χ4n) is 0.981. The zero-order valence-corrected chi connectivity index (χ0v) is 9.30. The molecular weight excluding hydrogens is 251 g/mol. The van der Waals surface area contributed by atoms with Crippen LogP contribution in [0.1, 0.15) is 23.7 Å². The SMILES string of the molecule is CCCOc1ccc(F)c(C=O)c1Br. The number of hydrogen-bond donors (Lipinski definition) is 0. The van der Waals surface area contributed by atoms with Gasteiger partial charge >= 0.3 is 0 Å². The Morgan fingerprint density at radius 2 is 2.29 bits per heavy atom. The number of ether oxygens (including phenoxy) is 1. The molecule has 0 aliphatic heterocycles. The van der Waals surface area contributed by atoms with Crippen LogP contribution in [0.15, 0.2) is 16.6 Å². The van der Waals surface area contributed by atoms with Gasteiger partial charge in [-0.15, -0.1) is 0 Å². The van der Waals surface area contributed by atoms with E-state index >= 15 is 0 Å². The molecule has 0 amide bonds. The van der Waals surface area contributed by atoms with Crippen LogP contribution in [0.3, 0.4) is 0 Å². The van der Waals surface area contributed by atoms with Crippen molar-refractivity contribution in [3.05, 3.63) is 28.0 Å². The van der Waals surface area contributed by atoms with Crippen molar-refractivity contribution in [3.63, 3.8) is 0 Å². The average Bonchev–Trinajstić information content (AvgIpc) is 2.18. The van der Waals surface area contributed by atoms with Crippen LogP contribution in [0.4, 0.5) is 4.39 Å². The number of carbonyl (C=O) groups excluding carboxylic acids is 1. The lowest BCUT2D eigenvalue weighted by molar-refractivity contribution is 0.111. The fourth-order valence-corrected chi connectivity index (χ4v) is 1.51. The molecule has 0 saturated carbocycles. The van der Waals surface area contributed by atoms with Crippen LogP contribution >= 0.6 is 15.9 Å². The molecule has 0 aromatic heterocycles. The van der Waals surface area contributed by atoms with Crippen molar-refractivity contribution in [2.75, 3.05) is 6.61 Å². The zero-order chi connectivity index (χ0) is 10.6. The quantitative estimate of drug-likeness (QED) is 0.778. The van der Waals surface area contributed by atoms with Gasteiger partial charge in [0.15, 0.2) is 6.29 Å². The summed E-state index contributed by atoms with van der Waals surface area (Å²) in [5, 5.41) is 0. The van der Waals surface area contributed by atoms with Crippen molar-refractivity contribution in [2.24, 2.45) is 0 Å². The molecule has 0 N–H and O–H groups in total. The van der Waals surface area contributed by atoms with E-state index in [0.717, 1.165) is 6.42 Å². The molecule has 0 aliphatic carbocycles. The number of aldehydes is 1. The molecule has 0 heterocycles. The lowest BCUT2D eigenvalue weighted by atomic mass is 10.2. The first kappa shape index (κ1) is 11.2. The van der Waals surface area contributed by atoms with Gasteiger partial charge in [-0.2, -0.15) is 0 Å². The highest BCUT2D eigenvalue weighted by molar-refractivity contribution is 9.10. The molecule has 0 aliphatic rings. The molecule has 0 atom stereocenters. The Balaban J connectivity index is 3.02. The van der Waals surface area contributed by atoms with Crippen LogP contribution in [-0.4, -0.2) is 12.9 Å². The van der Waals surface area contributed by atoms with Gasteiger partial charge in [0.05, 0.1) is 16.6 Å². The van der Waals surface area contributed by atoms with Crippen LogP contribution in [0, 0.1) is 5.82 Å². The predicted molar refractivity (Wildman–Crippen MR) is 55.3 cm³/mol. The Labute approximate surface area is 90.2 Å². The molecule has 1 rings (SSSR count). The lowest BCUT2D eigenvalue weighted by Crippen LogP contribution is -1.99. The summed E-state index contributed by atoms with van der Waals surface area (Å²) >= 11 is 3.13. The molecule has 0 radical (unpaired) electrons. The number of rotatable bonds is 4.